The maximum absolute atomic E-state index is 13.0. The number of hydrogen-bond donors (Lipinski definition) is 1. The van der Waals surface area contributed by atoms with E-state index in [4.69, 9.17) is 0 Å². The maximum atomic E-state index is 13.0. The number of carbonyl (C=O) groups is 2. The highest BCUT2D eigenvalue weighted by Gasteiger charge is 2.50. The number of benzene rings is 2. The number of aryl methyl sites for hydroxylation is 3. The summed E-state index contributed by atoms with van der Waals surface area (Å²) in [7, 11) is 0. The van der Waals surface area contributed by atoms with Gasteiger partial charge in [0.2, 0.25) is 0 Å². The summed E-state index contributed by atoms with van der Waals surface area (Å²) in [6.07, 6.45) is 0.534. The molecule has 4 nitrogen and oxygen atoms in total. The minimum atomic E-state index is -1.80. The standard InChI is InChI=1S/C22H25NO3/c1-5-10-23-19-9-7-6-8-18(19)22(26,21(23)25)13-20(24)17-12-15(3)14(2)11-16(17)4/h6-9,11-12,26H,5,10,13H2,1-4H3/t22-/m0/s1. The lowest BCUT2D eigenvalue weighted by molar-refractivity contribution is -0.135. The number of nitrogens with zero attached hydrogens (tertiary/aromatic N) is 1. The van der Waals surface area contributed by atoms with Crippen LogP contribution in [0.1, 0.15) is 52.4 Å². The smallest absolute Gasteiger partial charge is 0.264 e. The Bertz CT molecular complexity index is 887. The Morgan fingerprint density at radius 1 is 1.08 bits per heavy atom. The third-order valence-electron chi connectivity index (χ3n) is 5.24. The fourth-order valence-corrected chi connectivity index (χ4v) is 3.71. The normalized spacial score (nSPS) is 19.0. The second-order valence-corrected chi connectivity index (χ2v) is 7.19. The molecule has 1 heterocycles. The molecule has 2 aromatic rings. The van der Waals surface area contributed by atoms with E-state index in [-0.39, 0.29) is 12.2 Å². The van der Waals surface area contributed by atoms with Crippen molar-refractivity contribution in [2.45, 2.75) is 46.1 Å². The zero-order valence-corrected chi connectivity index (χ0v) is 15.8. The SMILES string of the molecule is CCCN1C(=O)[C@](O)(CC(=O)c2cc(C)c(C)cc2C)c2ccccc21. The Morgan fingerprint density at radius 3 is 2.42 bits per heavy atom. The van der Waals surface area contributed by atoms with E-state index in [9.17, 15) is 14.7 Å². The molecule has 0 bridgehead atoms. The molecule has 136 valence electrons. The molecular weight excluding hydrogens is 326 g/mol. The fraction of sp³-hybridized carbons (Fsp3) is 0.364. The van der Waals surface area contributed by atoms with E-state index in [1.807, 2.05) is 52.0 Å². The van der Waals surface area contributed by atoms with Gasteiger partial charge in [0.05, 0.1) is 12.1 Å². The van der Waals surface area contributed by atoms with Crippen molar-refractivity contribution in [2.75, 3.05) is 11.4 Å². The van der Waals surface area contributed by atoms with E-state index >= 15 is 0 Å². The van der Waals surface area contributed by atoms with Crippen LogP contribution in [0.2, 0.25) is 0 Å². The molecule has 0 saturated heterocycles. The van der Waals surface area contributed by atoms with Gasteiger partial charge in [0.1, 0.15) is 0 Å². The second kappa shape index (κ2) is 6.69. The molecule has 1 amide bonds. The van der Waals surface area contributed by atoms with Gasteiger partial charge >= 0.3 is 0 Å². The monoisotopic (exact) mass is 351 g/mol. The molecule has 26 heavy (non-hydrogen) atoms. The molecule has 0 spiro atoms. The molecule has 1 aliphatic rings. The first-order valence-corrected chi connectivity index (χ1v) is 9.04. The van der Waals surface area contributed by atoms with Gasteiger partial charge in [-0.05, 0) is 56.0 Å². The van der Waals surface area contributed by atoms with Gasteiger partial charge in [-0.25, -0.2) is 0 Å². The number of ketones is 1. The molecule has 0 saturated carbocycles. The van der Waals surface area contributed by atoms with Gasteiger partial charge < -0.3 is 10.0 Å². The van der Waals surface area contributed by atoms with Crippen molar-refractivity contribution in [3.8, 4) is 0 Å². The molecule has 1 N–H and O–H groups in total. The number of rotatable bonds is 5. The lowest BCUT2D eigenvalue weighted by Gasteiger charge is -2.23. The summed E-state index contributed by atoms with van der Waals surface area (Å²) in [6.45, 7) is 8.35. The summed E-state index contributed by atoms with van der Waals surface area (Å²) in [4.78, 5) is 27.5. The van der Waals surface area contributed by atoms with Crippen LogP contribution in [-0.4, -0.2) is 23.3 Å². The zero-order chi connectivity index (χ0) is 19.1. The maximum Gasteiger partial charge on any atom is 0.264 e. The minimum absolute atomic E-state index is 0.213. The van der Waals surface area contributed by atoms with Crippen molar-refractivity contribution in [1.29, 1.82) is 0 Å². The number of hydrogen-bond acceptors (Lipinski definition) is 3. The number of amides is 1. The Morgan fingerprint density at radius 2 is 1.73 bits per heavy atom. The van der Waals surface area contributed by atoms with Gasteiger partial charge in [0.15, 0.2) is 11.4 Å². The van der Waals surface area contributed by atoms with Crippen LogP contribution in [0.5, 0.6) is 0 Å². The second-order valence-electron chi connectivity index (χ2n) is 7.19. The van der Waals surface area contributed by atoms with Crippen molar-refractivity contribution in [3.05, 3.63) is 64.2 Å². The number of fused-ring (bicyclic) bond motifs is 1. The van der Waals surface area contributed by atoms with Crippen LogP contribution in [-0.2, 0) is 10.4 Å². The van der Waals surface area contributed by atoms with Crippen molar-refractivity contribution in [1.82, 2.24) is 0 Å². The van der Waals surface area contributed by atoms with Crippen LogP contribution in [0.25, 0.3) is 0 Å². The molecule has 0 aromatic heterocycles. The Balaban J connectivity index is 2.00. The van der Waals surface area contributed by atoms with E-state index in [0.717, 1.165) is 23.1 Å². The Hall–Kier alpha value is -2.46. The van der Waals surface area contributed by atoms with E-state index in [0.29, 0.717) is 23.4 Å². The summed E-state index contributed by atoms with van der Waals surface area (Å²) in [5.41, 5.74) is 3.01. The van der Waals surface area contributed by atoms with Crippen LogP contribution in [0.15, 0.2) is 36.4 Å². The van der Waals surface area contributed by atoms with E-state index in [1.165, 1.54) is 0 Å². The molecule has 2 aromatic carbocycles. The first-order chi connectivity index (χ1) is 12.3. The summed E-state index contributed by atoms with van der Waals surface area (Å²) in [5, 5.41) is 11.2. The first-order valence-electron chi connectivity index (χ1n) is 9.04. The van der Waals surface area contributed by atoms with Crippen LogP contribution < -0.4 is 4.90 Å². The van der Waals surface area contributed by atoms with Gasteiger partial charge in [0.25, 0.3) is 5.91 Å². The van der Waals surface area contributed by atoms with E-state index in [1.54, 1.807) is 17.0 Å². The molecule has 4 heteroatoms. The number of aliphatic hydroxyl groups is 1. The predicted molar refractivity (Wildman–Crippen MR) is 103 cm³/mol. The lowest BCUT2D eigenvalue weighted by Crippen LogP contribution is -2.42. The summed E-state index contributed by atoms with van der Waals surface area (Å²) in [5.74, 6) is -0.620. The molecule has 0 aliphatic carbocycles. The quantitative estimate of drug-likeness (QED) is 0.833. The molecule has 0 fully saturated rings. The molecule has 1 aliphatic heterocycles. The molecule has 1 atom stereocenters. The fourth-order valence-electron chi connectivity index (χ4n) is 3.71. The molecular formula is C22H25NO3. The average molecular weight is 351 g/mol. The van der Waals surface area contributed by atoms with Gasteiger partial charge in [-0.15, -0.1) is 0 Å². The molecule has 0 unspecified atom stereocenters. The third-order valence-corrected chi connectivity index (χ3v) is 5.24. The summed E-state index contributed by atoms with van der Waals surface area (Å²) < 4.78 is 0. The van der Waals surface area contributed by atoms with Crippen LogP contribution in [0, 0.1) is 20.8 Å². The highest BCUT2D eigenvalue weighted by atomic mass is 16.3. The lowest BCUT2D eigenvalue weighted by atomic mass is 9.86. The van der Waals surface area contributed by atoms with Crippen molar-refractivity contribution >= 4 is 17.4 Å². The average Bonchev–Trinajstić information content (AvgIpc) is 2.81. The van der Waals surface area contributed by atoms with Gasteiger partial charge in [0, 0.05) is 17.7 Å². The van der Waals surface area contributed by atoms with Crippen LogP contribution in [0.4, 0.5) is 5.69 Å². The predicted octanol–water partition coefficient (Wildman–Crippen LogP) is 3.83. The first kappa shape index (κ1) is 18.3. The Labute approximate surface area is 154 Å². The molecule has 3 rings (SSSR count). The summed E-state index contributed by atoms with van der Waals surface area (Å²) in [6, 6.07) is 11.0. The van der Waals surface area contributed by atoms with Gasteiger partial charge in [-0.2, -0.15) is 0 Å². The van der Waals surface area contributed by atoms with Crippen LogP contribution >= 0.6 is 0 Å². The Kier molecular flexibility index (Phi) is 4.72. The third kappa shape index (κ3) is 2.84. The summed E-state index contributed by atoms with van der Waals surface area (Å²) >= 11 is 0. The zero-order valence-electron chi connectivity index (χ0n) is 15.8. The van der Waals surface area contributed by atoms with Crippen molar-refractivity contribution in [2.24, 2.45) is 0 Å². The number of carbonyl (C=O) groups excluding carboxylic acids is 2. The van der Waals surface area contributed by atoms with Gasteiger partial charge in [-0.3, -0.25) is 9.59 Å². The molecule has 0 radical (unpaired) electrons. The van der Waals surface area contributed by atoms with E-state index < -0.39 is 11.5 Å². The number of para-hydroxylation sites is 1. The number of anilines is 1. The van der Waals surface area contributed by atoms with Crippen molar-refractivity contribution in [3.63, 3.8) is 0 Å². The highest BCUT2D eigenvalue weighted by molar-refractivity contribution is 6.11. The highest BCUT2D eigenvalue weighted by Crippen LogP contribution is 2.43. The topological polar surface area (TPSA) is 57.6 Å². The van der Waals surface area contributed by atoms with Crippen molar-refractivity contribution < 1.29 is 14.7 Å². The van der Waals surface area contributed by atoms with Gasteiger partial charge in [-0.1, -0.05) is 31.2 Å². The van der Waals surface area contributed by atoms with Crippen LogP contribution in [0.3, 0.4) is 0 Å². The number of Topliss-reactive ketones (excluding diaryl/α,β-unsaturated/α-hetero) is 1. The van der Waals surface area contributed by atoms with E-state index in [2.05, 4.69) is 0 Å². The largest absolute Gasteiger partial charge is 0.375 e. The minimum Gasteiger partial charge on any atom is -0.375 e.